The molecule has 0 spiro atoms. The minimum atomic E-state index is -0.0511. The van der Waals surface area contributed by atoms with E-state index in [1.807, 2.05) is 4.90 Å². The monoisotopic (exact) mass is 249 g/mol. The van der Waals surface area contributed by atoms with E-state index in [4.69, 9.17) is 5.84 Å². The summed E-state index contributed by atoms with van der Waals surface area (Å²) in [7, 11) is 0. The second kappa shape index (κ2) is 5.30. The lowest BCUT2D eigenvalue weighted by Crippen LogP contribution is -2.42. The third-order valence-corrected chi connectivity index (χ3v) is 3.64. The fourth-order valence-electron chi connectivity index (χ4n) is 2.12. The van der Waals surface area contributed by atoms with E-state index >= 15 is 0 Å². The molecule has 0 aliphatic carbocycles. The van der Waals surface area contributed by atoms with Gasteiger partial charge < -0.3 is 10.3 Å². The molecule has 6 nitrogen and oxygen atoms in total. The van der Waals surface area contributed by atoms with Crippen LogP contribution in [0.1, 0.15) is 30.8 Å². The van der Waals surface area contributed by atoms with E-state index in [0.717, 1.165) is 19.5 Å². The Labute approximate surface area is 107 Å². The van der Waals surface area contributed by atoms with Crippen LogP contribution >= 0.6 is 0 Å². The summed E-state index contributed by atoms with van der Waals surface area (Å²) in [6.45, 7) is 5.99. The molecular formula is C12H19N5O. The van der Waals surface area contributed by atoms with Gasteiger partial charge in [-0.1, -0.05) is 13.8 Å². The molecule has 2 unspecified atom stereocenters. The Morgan fingerprint density at radius 3 is 2.72 bits per heavy atom. The average molecular weight is 249 g/mol. The van der Waals surface area contributed by atoms with Crippen molar-refractivity contribution in [3.05, 3.63) is 18.1 Å². The molecule has 18 heavy (non-hydrogen) atoms. The molecule has 0 bridgehead atoms. The van der Waals surface area contributed by atoms with E-state index in [-0.39, 0.29) is 5.91 Å². The number of hydrogen-bond acceptors (Lipinski definition) is 5. The van der Waals surface area contributed by atoms with E-state index in [2.05, 4.69) is 29.2 Å². The lowest BCUT2D eigenvalue weighted by Gasteiger charge is -2.35. The first kappa shape index (κ1) is 12.8. The van der Waals surface area contributed by atoms with E-state index < -0.39 is 0 Å². The van der Waals surface area contributed by atoms with Gasteiger partial charge in [0.2, 0.25) is 0 Å². The molecule has 1 amide bonds. The molecule has 0 saturated carbocycles. The third kappa shape index (κ3) is 2.59. The van der Waals surface area contributed by atoms with Gasteiger partial charge in [0, 0.05) is 13.1 Å². The Bertz CT molecular complexity index is 419. The SMILES string of the molecule is CC1CCN(C(=O)c2cnc(NN)cn2)CC1C. The van der Waals surface area contributed by atoms with Crippen LogP contribution < -0.4 is 11.3 Å². The highest BCUT2D eigenvalue weighted by atomic mass is 16.2. The molecule has 1 aliphatic heterocycles. The Morgan fingerprint density at radius 2 is 2.17 bits per heavy atom. The summed E-state index contributed by atoms with van der Waals surface area (Å²) in [5.41, 5.74) is 2.76. The largest absolute Gasteiger partial charge is 0.337 e. The van der Waals surface area contributed by atoms with Crippen molar-refractivity contribution in [1.29, 1.82) is 0 Å². The minimum Gasteiger partial charge on any atom is -0.337 e. The topological polar surface area (TPSA) is 84.1 Å². The number of amides is 1. The van der Waals surface area contributed by atoms with Crippen LogP contribution in [0.4, 0.5) is 5.82 Å². The van der Waals surface area contributed by atoms with Gasteiger partial charge in [-0.25, -0.2) is 15.8 Å². The molecule has 2 atom stereocenters. The average Bonchev–Trinajstić information content (AvgIpc) is 2.41. The zero-order chi connectivity index (χ0) is 13.1. The Kier molecular flexibility index (Phi) is 3.76. The van der Waals surface area contributed by atoms with E-state index in [9.17, 15) is 4.79 Å². The number of nitrogens with two attached hydrogens (primary N) is 1. The number of hydrogen-bond donors (Lipinski definition) is 2. The molecule has 1 aromatic rings. The van der Waals surface area contributed by atoms with E-state index in [1.54, 1.807) is 0 Å². The van der Waals surface area contributed by atoms with Crippen LogP contribution in [0.25, 0.3) is 0 Å². The van der Waals surface area contributed by atoms with Crippen molar-refractivity contribution in [3.63, 3.8) is 0 Å². The summed E-state index contributed by atoms with van der Waals surface area (Å²) in [6.07, 6.45) is 3.96. The Balaban J connectivity index is 2.06. The number of likely N-dealkylation sites (tertiary alicyclic amines) is 1. The summed E-state index contributed by atoms with van der Waals surface area (Å²) < 4.78 is 0. The fraction of sp³-hybridized carbons (Fsp3) is 0.583. The van der Waals surface area contributed by atoms with Gasteiger partial charge in [0.05, 0.1) is 12.4 Å². The van der Waals surface area contributed by atoms with Crippen LogP contribution in [0.3, 0.4) is 0 Å². The molecule has 1 fully saturated rings. The summed E-state index contributed by atoms with van der Waals surface area (Å²) in [5.74, 6) is 6.80. The van der Waals surface area contributed by atoms with Gasteiger partial charge in [-0.2, -0.15) is 0 Å². The minimum absolute atomic E-state index is 0.0511. The number of nitrogens with one attached hydrogen (secondary N) is 1. The normalized spacial score (nSPS) is 23.8. The van der Waals surface area contributed by atoms with E-state index in [1.165, 1.54) is 12.4 Å². The summed E-state index contributed by atoms with van der Waals surface area (Å²) >= 11 is 0. The van der Waals surface area contributed by atoms with Gasteiger partial charge in [0.15, 0.2) is 5.82 Å². The zero-order valence-corrected chi connectivity index (χ0v) is 10.8. The number of aromatic nitrogens is 2. The van der Waals surface area contributed by atoms with E-state index in [0.29, 0.717) is 23.3 Å². The smallest absolute Gasteiger partial charge is 0.274 e. The fourth-order valence-corrected chi connectivity index (χ4v) is 2.12. The predicted octanol–water partition coefficient (Wildman–Crippen LogP) is 0.880. The van der Waals surface area contributed by atoms with Crippen molar-refractivity contribution in [1.82, 2.24) is 14.9 Å². The third-order valence-electron chi connectivity index (χ3n) is 3.64. The van der Waals surface area contributed by atoms with Crippen molar-refractivity contribution >= 4 is 11.7 Å². The maximum Gasteiger partial charge on any atom is 0.274 e. The quantitative estimate of drug-likeness (QED) is 0.600. The number of carbonyl (C=O) groups excluding carboxylic acids is 1. The molecule has 98 valence electrons. The number of anilines is 1. The number of piperidine rings is 1. The molecular weight excluding hydrogens is 230 g/mol. The maximum atomic E-state index is 12.2. The second-order valence-electron chi connectivity index (χ2n) is 4.93. The van der Waals surface area contributed by atoms with Crippen molar-refractivity contribution in [2.75, 3.05) is 18.5 Å². The molecule has 1 aliphatic rings. The van der Waals surface area contributed by atoms with Crippen molar-refractivity contribution < 1.29 is 4.79 Å². The van der Waals surface area contributed by atoms with Crippen molar-refractivity contribution in [2.45, 2.75) is 20.3 Å². The Morgan fingerprint density at radius 1 is 1.39 bits per heavy atom. The Hall–Kier alpha value is -1.69. The highest BCUT2D eigenvalue weighted by molar-refractivity contribution is 5.92. The lowest BCUT2D eigenvalue weighted by atomic mass is 9.88. The van der Waals surface area contributed by atoms with Crippen LogP contribution in [-0.2, 0) is 0 Å². The van der Waals surface area contributed by atoms with Crippen LogP contribution in [0.2, 0.25) is 0 Å². The molecule has 2 rings (SSSR count). The highest BCUT2D eigenvalue weighted by Crippen LogP contribution is 2.23. The van der Waals surface area contributed by atoms with Crippen molar-refractivity contribution in [3.8, 4) is 0 Å². The first-order chi connectivity index (χ1) is 8.61. The van der Waals surface area contributed by atoms with Crippen LogP contribution in [0.15, 0.2) is 12.4 Å². The zero-order valence-electron chi connectivity index (χ0n) is 10.8. The molecule has 0 aromatic carbocycles. The van der Waals surface area contributed by atoms with Gasteiger partial charge in [0.1, 0.15) is 5.69 Å². The number of nitrogen functional groups attached to an aromatic ring is 1. The van der Waals surface area contributed by atoms with Crippen LogP contribution in [0, 0.1) is 11.8 Å². The van der Waals surface area contributed by atoms with Crippen LogP contribution in [0.5, 0.6) is 0 Å². The number of rotatable bonds is 2. The van der Waals surface area contributed by atoms with Gasteiger partial charge in [0.25, 0.3) is 5.91 Å². The number of carbonyl (C=O) groups is 1. The standard InChI is InChI=1S/C12H19N5O/c1-8-3-4-17(7-9(8)2)12(18)10-5-15-11(16-13)6-14-10/h5-6,8-9H,3-4,7,13H2,1-2H3,(H,15,16). The molecule has 1 saturated heterocycles. The summed E-state index contributed by atoms with van der Waals surface area (Å²) in [4.78, 5) is 22.1. The van der Waals surface area contributed by atoms with Crippen LogP contribution in [-0.4, -0.2) is 33.9 Å². The molecule has 3 N–H and O–H groups in total. The summed E-state index contributed by atoms with van der Waals surface area (Å²) in [6, 6.07) is 0. The number of nitrogens with zero attached hydrogens (tertiary/aromatic N) is 3. The molecule has 1 aromatic heterocycles. The predicted molar refractivity (Wildman–Crippen MR) is 68.7 cm³/mol. The summed E-state index contributed by atoms with van der Waals surface area (Å²) in [5, 5.41) is 0. The van der Waals surface area contributed by atoms with Gasteiger partial charge >= 0.3 is 0 Å². The first-order valence-electron chi connectivity index (χ1n) is 6.19. The van der Waals surface area contributed by atoms with Gasteiger partial charge in [-0.3, -0.25) is 4.79 Å². The highest BCUT2D eigenvalue weighted by Gasteiger charge is 2.27. The second-order valence-corrected chi connectivity index (χ2v) is 4.93. The number of hydrazine groups is 1. The molecule has 2 heterocycles. The molecule has 6 heteroatoms. The molecule has 0 radical (unpaired) electrons. The van der Waals surface area contributed by atoms with Gasteiger partial charge in [-0.05, 0) is 18.3 Å². The van der Waals surface area contributed by atoms with Crippen molar-refractivity contribution in [2.24, 2.45) is 17.7 Å². The maximum absolute atomic E-state index is 12.2. The lowest BCUT2D eigenvalue weighted by molar-refractivity contribution is 0.0621. The van der Waals surface area contributed by atoms with Gasteiger partial charge in [-0.15, -0.1) is 0 Å². The first-order valence-corrected chi connectivity index (χ1v) is 6.19.